The predicted molar refractivity (Wildman–Crippen MR) is 34.8 cm³/mol. The van der Waals surface area contributed by atoms with Crippen molar-refractivity contribution in [2.45, 2.75) is 18.1 Å². The highest BCUT2D eigenvalue weighted by Crippen LogP contribution is 2.35. The van der Waals surface area contributed by atoms with Gasteiger partial charge in [0.2, 0.25) is 0 Å². The van der Waals surface area contributed by atoms with Gasteiger partial charge < -0.3 is 14.9 Å². The van der Waals surface area contributed by atoms with E-state index in [1.54, 1.807) is 0 Å². The Morgan fingerprint density at radius 2 is 1.53 bits per heavy atom. The Balaban J connectivity index is 5.20. The van der Waals surface area contributed by atoms with Crippen molar-refractivity contribution in [1.82, 2.24) is 0 Å². The molecule has 0 rings (SSSR count). The molecule has 0 heterocycles. The number of alkyl halides is 6. The number of ether oxygens (including phenoxy) is 1. The lowest BCUT2D eigenvalue weighted by atomic mass is 10.2. The first-order chi connectivity index (χ1) is 6.44. The van der Waals surface area contributed by atoms with Crippen LogP contribution < -0.4 is 0 Å². The lowest BCUT2D eigenvalue weighted by Gasteiger charge is -2.25. The zero-order valence-electron chi connectivity index (χ0n) is 7.15. The van der Waals surface area contributed by atoms with Crippen molar-refractivity contribution >= 4 is 0 Å². The minimum absolute atomic E-state index is 0.341. The average Bonchev–Trinajstić information content (AvgIpc) is 2.00. The SMILES string of the molecule is COC(O)(/C=C(\O)C(F)(F)F)C(F)(F)F. The van der Waals surface area contributed by atoms with Gasteiger partial charge in [0.25, 0.3) is 5.79 Å². The van der Waals surface area contributed by atoms with Gasteiger partial charge in [-0.2, -0.15) is 26.3 Å². The maximum atomic E-state index is 12.0. The van der Waals surface area contributed by atoms with Crippen molar-refractivity contribution in [3.8, 4) is 0 Å². The number of hydrogen-bond donors (Lipinski definition) is 2. The molecule has 1 atom stereocenters. The second-order valence-corrected chi connectivity index (χ2v) is 2.43. The molecule has 0 radical (unpaired) electrons. The van der Waals surface area contributed by atoms with Crippen LogP contribution in [0.25, 0.3) is 0 Å². The van der Waals surface area contributed by atoms with Crippen LogP contribution in [0.2, 0.25) is 0 Å². The third-order valence-electron chi connectivity index (χ3n) is 1.34. The van der Waals surface area contributed by atoms with E-state index >= 15 is 0 Å². The lowest BCUT2D eigenvalue weighted by Crippen LogP contribution is -2.45. The summed E-state index contributed by atoms with van der Waals surface area (Å²) in [7, 11) is 0.341. The maximum absolute atomic E-state index is 12.0. The molecule has 0 aliphatic heterocycles. The van der Waals surface area contributed by atoms with E-state index in [-0.39, 0.29) is 0 Å². The first-order valence-corrected chi connectivity index (χ1v) is 3.27. The van der Waals surface area contributed by atoms with Crippen LogP contribution in [0.3, 0.4) is 0 Å². The molecule has 15 heavy (non-hydrogen) atoms. The summed E-state index contributed by atoms with van der Waals surface area (Å²) in [6.45, 7) is 0. The second-order valence-electron chi connectivity index (χ2n) is 2.43. The van der Waals surface area contributed by atoms with E-state index in [0.717, 1.165) is 0 Å². The van der Waals surface area contributed by atoms with Crippen molar-refractivity contribution in [3.05, 3.63) is 11.8 Å². The Bertz CT molecular complexity index is 255. The first kappa shape index (κ1) is 14.0. The number of halogens is 6. The molecule has 0 spiro atoms. The molecule has 9 heteroatoms. The van der Waals surface area contributed by atoms with Crippen LogP contribution in [0, 0.1) is 0 Å². The predicted octanol–water partition coefficient (Wildman–Crippen LogP) is 1.89. The Morgan fingerprint density at radius 3 is 1.73 bits per heavy atom. The van der Waals surface area contributed by atoms with Crippen LogP contribution in [-0.4, -0.2) is 35.5 Å². The molecule has 0 aromatic rings. The molecule has 3 nitrogen and oxygen atoms in total. The summed E-state index contributed by atoms with van der Waals surface area (Å²) in [5.41, 5.74) is 0. The van der Waals surface area contributed by atoms with Gasteiger partial charge in [-0.1, -0.05) is 0 Å². The minimum atomic E-state index is -5.50. The normalized spacial score (nSPS) is 18.8. The topological polar surface area (TPSA) is 49.7 Å². The molecule has 0 saturated carbocycles. The molecule has 0 bridgehead atoms. The highest BCUT2D eigenvalue weighted by atomic mass is 19.4. The Morgan fingerprint density at radius 1 is 1.13 bits per heavy atom. The van der Waals surface area contributed by atoms with Crippen molar-refractivity contribution in [2.24, 2.45) is 0 Å². The molecule has 0 saturated heterocycles. The standard InChI is InChI=1S/C6H6F6O3/c1-15-4(14,6(10,11)12)2-3(13)5(7,8)9/h2,13-14H,1H3/b3-2-. The number of methoxy groups -OCH3 is 1. The highest BCUT2D eigenvalue weighted by Gasteiger charge is 2.55. The van der Waals surface area contributed by atoms with Crippen LogP contribution in [0.4, 0.5) is 26.3 Å². The average molecular weight is 240 g/mol. The van der Waals surface area contributed by atoms with E-state index < -0.39 is 30.0 Å². The molecule has 0 fully saturated rings. The molecule has 0 aromatic carbocycles. The number of rotatable bonds is 2. The summed E-state index contributed by atoms with van der Waals surface area (Å²) in [6, 6.07) is 0. The van der Waals surface area contributed by atoms with Gasteiger partial charge in [0.15, 0.2) is 5.76 Å². The third kappa shape index (κ3) is 3.27. The monoisotopic (exact) mass is 240 g/mol. The van der Waals surface area contributed by atoms with Gasteiger partial charge in [-0.3, -0.25) is 0 Å². The molecular weight excluding hydrogens is 234 g/mol. The van der Waals surface area contributed by atoms with Gasteiger partial charge >= 0.3 is 12.4 Å². The first-order valence-electron chi connectivity index (χ1n) is 3.27. The van der Waals surface area contributed by atoms with Gasteiger partial charge in [0.05, 0.1) is 0 Å². The lowest BCUT2D eigenvalue weighted by molar-refractivity contribution is -0.334. The highest BCUT2D eigenvalue weighted by molar-refractivity contribution is 5.08. The summed E-state index contributed by atoms with van der Waals surface area (Å²) in [5, 5.41) is 16.8. The van der Waals surface area contributed by atoms with Gasteiger partial charge in [-0.15, -0.1) is 0 Å². The number of allylic oxidation sites excluding steroid dienone is 1. The van der Waals surface area contributed by atoms with E-state index in [1.807, 2.05) is 0 Å². The van der Waals surface area contributed by atoms with E-state index in [0.29, 0.717) is 7.11 Å². The van der Waals surface area contributed by atoms with Crippen LogP contribution in [0.15, 0.2) is 11.8 Å². The largest absolute Gasteiger partial charge is 0.504 e. The van der Waals surface area contributed by atoms with Crippen LogP contribution >= 0.6 is 0 Å². The van der Waals surface area contributed by atoms with Gasteiger partial charge in [-0.25, -0.2) is 0 Å². The fraction of sp³-hybridized carbons (Fsp3) is 0.667. The van der Waals surface area contributed by atoms with Crippen LogP contribution in [0.1, 0.15) is 0 Å². The quantitative estimate of drug-likeness (QED) is 0.440. The third-order valence-corrected chi connectivity index (χ3v) is 1.34. The Hall–Kier alpha value is -0.960. The maximum Gasteiger partial charge on any atom is 0.448 e. The Kier molecular flexibility index (Phi) is 3.64. The second kappa shape index (κ2) is 3.89. The Labute approximate surface area is 79.6 Å². The van der Waals surface area contributed by atoms with E-state index in [2.05, 4.69) is 4.74 Å². The van der Waals surface area contributed by atoms with E-state index in [4.69, 9.17) is 10.2 Å². The molecule has 0 aliphatic rings. The smallest absolute Gasteiger partial charge is 0.448 e. The zero-order chi connectivity index (χ0) is 12.5. The van der Waals surface area contributed by atoms with Gasteiger partial charge in [0.1, 0.15) is 0 Å². The molecule has 0 amide bonds. The molecular formula is C6H6F6O3. The summed E-state index contributed by atoms with van der Waals surface area (Å²) < 4.78 is 74.3. The van der Waals surface area contributed by atoms with Gasteiger partial charge in [-0.05, 0) is 0 Å². The van der Waals surface area contributed by atoms with Gasteiger partial charge in [0, 0.05) is 13.2 Å². The van der Waals surface area contributed by atoms with Crippen molar-refractivity contribution in [1.29, 1.82) is 0 Å². The number of aliphatic hydroxyl groups is 2. The number of hydrogen-bond acceptors (Lipinski definition) is 3. The van der Waals surface area contributed by atoms with Crippen molar-refractivity contribution in [3.63, 3.8) is 0 Å². The molecule has 0 aliphatic carbocycles. The fourth-order valence-electron chi connectivity index (χ4n) is 0.524. The summed E-state index contributed by atoms with van der Waals surface area (Å²) in [5.74, 6) is -6.77. The summed E-state index contributed by atoms with van der Waals surface area (Å²) >= 11 is 0. The van der Waals surface area contributed by atoms with E-state index in [1.165, 1.54) is 0 Å². The molecule has 90 valence electrons. The van der Waals surface area contributed by atoms with Crippen molar-refractivity contribution in [2.75, 3.05) is 7.11 Å². The van der Waals surface area contributed by atoms with Crippen LogP contribution in [-0.2, 0) is 4.74 Å². The molecule has 0 aromatic heterocycles. The van der Waals surface area contributed by atoms with Crippen LogP contribution in [0.5, 0.6) is 0 Å². The summed E-state index contributed by atoms with van der Waals surface area (Å²) in [6.07, 6.45) is -11.8. The molecule has 2 N–H and O–H groups in total. The fourth-order valence-corrected chi connectivity index (χ4v) is 0.524. The zero-order valence-corrected chi connectivity index (χ0v) is 7.15. The minimum Gasteiger partial charge on any atom is -0.504 e. The molecule has 1 unspecified atom stereocenters. The summed E-state index contributed by atoms with van der Waals surface area (Å²) in [4.78, 5) is 0. The number of aliphatic hydroxyl groups excluding tert-OH is 1. The van der Waals surface area contributed by atoms with Crippen molar-refractivity contribution < 1.29 is 41.3 Å². The van der Waals surface area contributed by atoms with E-state index in [9.17, 15) is 26.3 Å².